The van der Waals surface area contributed by atoms with Gasteiger partial charge in [-0.1, -0.05) is 11.6 Å². The van der Waals surface area contributed by atoms with E-state index in [1.54, 1.807) is 0 Å². The summed E-state index contributed by atoms with van der Waals surface area (Å²) in [7, 11) is 0.829. The van der Waals surface area contributed by atoms with Crippen molar-refractivity contribution in [1.82, 2.24) is 9.13 Å². The fourth-order valence-corrected chi connectivity index (χ4v) is 2.56. The van der Waals surface area contributed by atoms with Gasteiger partial charge in [-0.25, -0.2) is 13.8 Å². The van der Waals surface area contributed by atoms with Crippen molar-refractivity contribution in [2.45, 2.75) is 26.1 Å². The molecule has 0 saturated heterocycles. The van der Waals surface area contributed by atoms with Crippen LogP contribution >= 0.6 is 11.6 Å². The fourth-order valence-electron chi connectivity index (χ4n) is 2.36. The standard InChI is InChI=1S/C17H17ClF4N2O4/c1-9(2)27-4-5-28-13-7-12(11(19)6-10(13)18)24-15(25)8-14(17(20,21)22)23(3)16(24)26/h6-9H,4-5H2,1-3H3. The molecular weight excluding hydrogens is 408 g/mol. The Morgan fingerprint density at radius 2 is 1.79 bits per heavy atom. The first-order valence-corrected chi connectivity index (χ1v) is 8.45. The highest BCUT2D eigenvalue weighted by Crippen LogP contribution is 2.30. The number of aromatic nitrogens is 2. The van der Waals surface area contributed by atoms with Gasteiger partial charge in [-0.3, -0.25) is 9.36 Å². The van der Waals surface area contributed by atoms with Crippen LogP contribution in [0.3, 0.4) is 0 Å². The van der Waals surface area contributed by atoms with E-state index in [0.29, 0.717) is 0 Å². The monoisotopic (exact) mass is 424 g/mol. The molecule has 0 spiro atoms. The molecule has 154 valence electrons. The van der Waals surface area contributed by atoms with Crippen LogP contribution in [0.25, 0.3) is 5.69 Å². The molecule has 0 radical (unpaired) electrons. The second-order valence-corrected chi connectivity index (χ2v) is 6.45. The van der Waals surface area contributed by atoms with Crippen LogP contribution < -0.4 is 16.0 Å². The largest absolute Gasteiger partial charge is 0.490 e. The van der Waals surface area contributed by atoms with E-state index in [4.69, 9.17) is 21.1 Å². The lowest BCUT2D eigenvalue weighted by Gasteiger charge is -2.16. The minimum absolute atomic E-state index is 0.0445. The zero-order valence-electron chi connectivity index (χ0n) is 15.1. The van der Waals surface area contributed by atoms with Crippen molar-refractivity contribution in [3.05, 3.63) is 55.6 Å². The number of nitrogens with zero attached hydrogens (tertiary/aromatic N) is 2. The summed E-state index contributed by atoms with van der Waals surface area (Å²) < 4.78 is 64.3. The van der Waals surface area contributed by atoms with Gasteiger partial charge in [0.25, 0.3) is 5.56 Å². The van der Waals surface area contributed by atoms with E-state index in [0.717, 1.165) is 19.2 Å². The third-order valence-corrected chi connectivity index (χ3v) is 3.94. The minimum Gasteiger partial charge on any atom is -0.490 e. The van der Waals surface area contributed by atoms with E-state index in [9.17, 15) is 27.2 Å². The summed E-state index contributed by atoms with van der Waals surface area (Å²) in [4.78, 5) is 24.4. The van der Waals surface area contributed by atoms with E-state index >= 15 is 0 Å². The van der Waals surface area contributed by atoms with Gasteiger partial charge >= 0.3 is 11.9 Å². The Labute approximate surface area is 161 Å². The van der Waals surface area contributed by atoms with E-state index in [-0.39, 0.29) is 45.3 Å². The average molecular weight is 425 g/mol. The lowest BCUT2D eigenvalue weighted by atomic mass is 10.2. The molecule has 0 unspecified atom stereocenters. The van der Waals surface area contributed by atoms with Crippen molar-refractivity contribution < 1.29 is 27.0 Å². The summed E-state index contributed by atoms with van der Waals surface area (Å²) in [6.07, 6.45) is -4.97. The van der Waals surface area contributed by atoms with Gasteiger partial charge in [0.05, 0.1) is 23.4 Å². The van der Waals surface area contributed by atoms with Crippen LogP contribution in [0.2, 0.25) is 5.02 Å². The summed E-state index contributed by atoms with van der Waals surface area (Å²) in [6, 6.07) is 1.99. The second kappa shape index (κ2) is 8.36. The van der Waals surface area contributed by atoms with Gasteiger partial charge in [0.2, 0.25) is 0 Å². The van der Waals surface area contributed by atoms with Gasteiger partial charge in [-0.2, -0.15) is 13.2 Å². The number of hydrogen-bond donors (Lipinski definition) is 0. The highest BCUT2D eigenvalue weighted by Gasteiger charge is 2.35. The Bertz CT molecular complexity index is 983. The van der Waals surface area contributed by atoms with Crippen LogP contribution in [-0.4, -0.2) is 28.5 Å². The Hall–Kier alpha value is -2.33. The van der Waals surface area contributed by atoms with Gasteiger partial charge in [0.15, 0.2) is 0 Å². The first kappa shape index (κ1) is 22.0. The number of halogens is 5. The molecule has 1 aromatic carbocycles. The topological polar surface area (TPSA) is 62.5 Å². The quantitative estimate of drug-likeness (QED) is 0.528. The zero-order chi connectivity index (χ0) is 21.2. The van der Waals surface area contributed by atoms with E-state index in [2.05, 4.69) is 0 Å². The van der Waals surface area contributed by atoms with Crippen LogP contribution in [-0.2, 0) is 18.0 Å². The zero-order valence-corrected chi connectivity index (χ0v) is 15.9. The summed E-state index contributed by atoms with van der Waals surface area (Å²) >= 11 is 5.90. The Kier molecular flexibility index (Phi) is 6.56. The summed E-state index contributed by atoms with van der Waals surface area (Å²) in [6.45, 7) is 3.87. The third-order valence-electron chi connectivity index (χ3n) is 3.64. The van der Waals surface area contributed by atoms with Crippen molar-refractivity contribution >= 4 is 11.6 Å². The maximum absolute atomic E-state index is 14.3. The van der Waals surface area contributed by atoms with Crippen molar-refractivity contribution in [3.63, 3.8) is 0 Å². The predicted molar refractivity (Wildman–Crippen MR) is 93.8 cm³/mol. The molecule has 0 saturated carbocycles. The molecule has 0 aliphatic rings. The molecular formula is C17H17ClF4N2O4. The van der Waals surface area contributed by atoms with Crippen LogP contribution in [0.15, 0.2) is 27.8 Å². The molecule has 0 N–H and O–H groups in total. The number of ether oxygens (including phenoxy) is 2. The normalized spacial score (nSPS) is 11.9. The Balaban J connectivity index is 2.51. The van der Waals surface area contributed by atoms with Gasteiger partial charge in [0.1, 0.15) is 23.9 Å². The number of hydrogen-bond acceptors (Lipinski definition) is 4. The molecule has 1 aromatic heterocycles. The van der Waals surface area contributed by atoms with Crippen LogP contribution in [0.1, 0.15) is 19.5 Å². The lowest BCUT2D eigenvalue weighted by molar-refractivity contribution is -0.144. The van der Waals surface area contributed by atoms with Crippen LogP contribution in [0.5, 0.6) is 5.75 Å². The fraction of sp³-hybridized carbons (Fsp3) is 0.412. The molecule has 1 heterocycles. The van der Waals surface area contributed by atoms with E-state index in [1.807, 2.05) is 13.8 Å². The van der Waals surface area contributed by atoms with Gasteiger partial charge in [-0.05, 0) is 19.9 Å². The SMILES string of the molecule is CC(C)OCCOc1cc(-n2c(=O)cc(C(F)(F)F)n(C)c2=O)c(F)cc1Cl. The molecule has 28 heavy (non-hydrogen) atoms. The predicted octanol–water partition coefficient (Wildman–Crippen LogP) is 3.15. The van der Waals surface area contributed by atoms with Gasteiger partial charge in [-0.15, -0.1) is 0 Å². The maximum Gasteiger partial charge on any atom is 0.431 e. The smallest absolute Gasteiger partial charge is 0.431 e. The molecule has 11 heteroatoms. The molecule has 0 atom stereocenters. The number of alkyl halides is 3. The number of benzene rings is 1. The molecule has 2 aromatic rings. The second-order valence-electron chi connectivity index (χ2n) is 6.04. The maximum atomic E-state index is 14.3. The summed E-state index contributed by atoms with van der Waals surface area (Å²) in [5.41, 5.74) is -4.74. The van der Waals surface area contributed by atoms with Crippen molar-refractivity contribution in [2.24, 2.45) is 7.05 Å². The van der Waals surface area contributed by atoms with Crippen molar-refractivity contribution in [3.8, 4) is 11.4 Å². The minimum atomic E-state index is -4.92. The molecule has 0 aliphatic carbocycles. The van der Waals surface area contributed by atoms with E-state index in [1.165, 1.54) is 0 Å². The molecule has 0 fully saturated rings. The highest BCUT2D eigenvalue weighted by molar-refractivity contribution is 6.32. The Morgan fingerprint density at radius 1 is 1.14 bits per heavy atom. The lowest BCUT2D eigenvalue weighted by Crippen LogP contribution is -2.41. The molecule has 0 bridgehead atoms. The van der Waals surface area contributed by atoms with Crippen LogP contribution in [0, 0.1) is 5.82 Å². The highest BCUT2D eigenvalue weighted by atomic mass is 35.5. The van der Waals surface area contributed by atoms with Crippen LogP contribution in [0.4, 0.5) is 17.6 Å². The van der Waals surface area contributed by atoms with E-state index < -0.39 is 34.6 Å². The third kappa shape index (κ3) is 4.74. The molecule has 0 amide bonds. The van der Waals surface area contributed by atoms with Gasteiger partial charge in [0, 0.05) is 19.2 Å². The summed E-state index contributed by atoms with van der Waals surface area (Å²) in [5, 5.41) is -0.136. The van der Waals surface area contributed by atoms with Gasteiger partial charge < -0.3 is 9.47 Å². The molecule has 0 aliphatic heterocycles. The van der Waals surface area contributed by atoms with Crippen molar-refractivity contribution in [1.29, 1.82) is 0 Å². The first-order valence-electron chi connectivity index (χ1n) is 8.07. The Morgan fingerprint density at radius 3 is 2.36 bits per heavy atom. The molecule has 6 nitrogen and oxygen atoms in total. The first-order chi connectivity index (χ1) is 12.9. The average Bonchev–Trinajstić information content (AvgIpc) is 2.56. The number of rotatable bonds is 6. The molecule has 2 rings (SSSR count). The summed E-state index contributed by atoms with van der Waals surface area (Å²) in [5.74, 6) is -1.13. The van der Waals surface area contributed by atoms with Crippen molar-refractivity contribution in [2.75, 3.05) is 13.2 Å².